The number of methoxy groups -OCH3 is 1. The molecule has 0 saturated heterocycles. The fourth-order valence-corrected chi connectivity index (χ4v) is 5.09. The predicted octanol–water partition coefficient (Wildman–Crippen LogP) is 6.51. The summed E-state index contributed by atoms with van der Waals surface area (Å²) in [5.41, 5.74) is -0.00177. The summed E-state index contributed by atoms with van der Waals surface area (Å²) in [6.45, 7) is 5.74. The van der Waals surface area contributed by atoms with Gasteiger partial charge < -0.3 is 24.1 Å². The van der Waals surface area contributed by atoms with Crippen LogP contribution in [0.3, 0.4) is 0 Å². The van der Waals surface area contributed by atoms with Gasteiger partial charge in [0.1, 0.15) is 17.2 Å². The number of alkyl halides is 3. The smallest absolute Gasteiger partial charge is 0.456 e. The van der Waals surface area contributed by atoms with Crippen LogP contribution in [0.1, 0.15) is 50.0 Å². The van der Waals surface area contributed by atoms with E-state index < -0.39 is 54.4 Å². The molecular formula is C32H33ClF3N3O7. The third kappa shape index (κ3) is 8.53. The molecule has 1 aromatic heterocycles. The first kappa shape index (κ1) is 34.7. The number of aromatic nitrogens is 1. The Bertz CT molecular complexity index is 1600. The van der Waals surface area contributed by atoms with Crippen LogP contribution in [0.15, 0.2) is 65.5 Å². The minimum absolute atomic E-state index is 0.210. The third-order valence-corrected chi connectivity index (χ3v) is 7.37. The second-order valence-electron chi connectivity index (χ2n) is 11.7. The highest BCUT2D eigenvalue weighted by Crippen LogP contribution is 2.41. The van der Waals surface area contributed by atoms with Crippen LogP contribution in [-0.4, -0.2) is 71.5 Å². The van der Waals surface area contributed by atoms with Gasteiger partial charge in [0.05, 0.1) is 24.9 Å². The van der Waals surface area contributed by atoms with Crippen molar-refractivity contribution in [3.8, 4) is 11.3 Å². The molecule has 1 N–H and O–H groups in total. The maximum Gasteiger partial charge on any atom is 0.522 e. The standard InChI is InChI=1S/C32H33ClF3N3O7/c1-30(2,3)46-29(42)19-6-9-21(10-7-19)38-28(41)25(12-13-45-32(34,35)36)39-17-31(4,43-5)24(15-27(39)40)23-14-20(33)8-11-22(23)26-16-37-18-44-26/h6-11,14-16,18,25H,12-13,17H2,1-5H3,(H,38,41). The lowest BCUT2D eigenvalue weighted by Crippen LogP contribution is -2.56. The Hall–Kier alpha value is -4.20. The number of ether oxygens (including phenoxy) is 3. The second kappa shape index (κ2) is 13.7. The van der Waals surface area contributed by atoms with E-state index in [-0.39, 0.29) is 17.8 Å². The zero-order chi connectivity index (χ0) is 33.9. The van der Waals surface area contributed by atoms with Gasteiger partial charge in [-0.1, -0.05) is 11.6 Å². The Morgan fingerprint density at radius 2 is 1.83 bits per heavy atom. The summed E-state index contributed by atoms with van der Waals surface area (Å²) >= 11 is 6.32. The molecule has 2 heterocycles. The molecule has 2 amide bonds. The number of carbonyl (C=O) groups is 3. The van der Waals surface area contributed by atoms with Gasteiger partial charge >= 0.3 is 12.3 Å². The van der Waals surface area contributed by atoms with Crippen molar-refractivity contribution in [3.05, 3.63) is 77.3 Å². The van der Waals surface area contributed by atoms with Crippen molar-refractivity contribution in [2.75, 3.05) is 25.6 Å². The summed E-state index contributed by atoms with van der Waals surface area (Å²) in [4.78, 5) is 44.7. The molecule has 2 atom stereocenters. The first-order valence-electron chi connectivity index (χ1n) is 14.1. The molecule has 0 spiro atoms. The number of amides is 2. The van der Waals surface area contributed by atoms with Crippen LogP contribution in [0.2, 0.25) is 5.02 Å². The molecule has 2 unspecified atom stereocenters. The van der Waals surface area contributed by atoms with Gasteiger partial charge in [-0.2, -0.15) is 0 Å². The summed E-state index contributed by atoms with van der Waals surface area (Å²) in [5, 5.41) is 2.99. The first-order valence-corrected chi connectivity index (χ1v) is 14.5. The molecule has 46 heavy (non-hydrogen) atoms. The van der Waals surface area contributed by atoms with E-state index in [9.17, 15) is 27.6 Å². The monoisotopic (exact) mass is 663 g/mol. The number of nitrogens with one attached hydrogen (secondary N) is 1. The van der Waals surface area contributed by atoms with Crippen molar-refractivity contribution in [1.29, 1.82) is 0 Å². The molecule has 10 nitrogen and oxygen atoms in total. The van der Waals surface area contributed by atoms with E-state index in [1.54, 1.807) is 45.9 Å². The summed E-state index contributed by atoms with van der Waals surface area (Å²) in [6.07, 6.45) is -1.42. The van der Waals surface area contributed by atoms with Crippen molar-refractivity contribution in [3.63, 3.8) is 0 Å². The zero-order valence-electron chi connectivity index (χ0n) is 25.7. The lowest BCUT2D eigenvalue weighted by atomic mass is 9.82. The third-order valence-electron chi connectivity index (χ3n) is 7.14. The van der Waals surface area contributed by atoms with E-state index in [1.807, 2.05) is 0 Å². The fraction of sp³-hybridized carbons (Fsp3) is 0.375. The first-order chi connectivity index (χ1) is 21.5. The topological polar surface area (TPSA) is 120 Å². The maximum atomic E-state index is 13.7. The van der Waals surface area contributed by atoms with Crippen molar-refractivity contribution in [2.24, 2.45) is 0 Å². The molecule has 1 aliphatic heterocycles. The number of carbonyl (C=O) groups excluding carboxylic acids is 3. The Morgan fingerprint density at radius 1 is 1.13 bits per heavy atom. The largest absolute Gasteiger partial charge is 0.522 e. The highest BCUT2D eigenvalue weighted by molar-refractivity contribution is 6.31. The van der Waals surface area contributed by atoms with Gasteiger partial charge in [-0.15, -0.1) is 13.2 Å². The molecule has 0 aliphatic carbocycles. The summed E-state index contributed by atoms with van der Waals surface area (Å²) in [5.74, 6) is -1.59. The lowest BCUT2D eigenvalue weighted by molar-refractivity contribution is -0.325. The van der Waals surface area contributed by atoms with Crippen LogP contribution in [0.5, 0.6) is 0 Å². The number of hydrogen-bond donors (Lipinski definition) is 1. The van der Waals surface area contributed by atoms with Gasteiger partial charge in [-0.3, -0.25) is 14.3 Å². The van der Waals surface area contributed by atoms with E-state index in [0.29, 0.717) is 27.5 Å². The van der Waals surface area contributed by atoms with E-state index in [0.717, 1.165) is 4.90 Å². The molecule has 14 heteroatoms. The number of rotatable bonds is 10. The highest BCUT2D eigenvalue weighted by Gasteiger charge is 2.43. The fourth-order valence-electron chi connectivity index (χ4n) is 4.92. The Kier molecular flexibility index (Phi) is 10.3. The molecule has 0 fully saturated rings. The molecule has 0 radical (unpaired) electrons. The van der Waals surface area contributed by atoms with Crippen molar-refractivity contribution in [2.45, 2.75) is 57.7 Å². The minimum atomic E-state index is -4.94. The summed E-state index contributed by atoms with van der Waals surface area (Å²) in [6, 6.07) is 9.34. The predicted molar refractivity (Wildman–Crippen MR) is 163 cm³/mol. The molecule has 0 bridgehead atoms. The zero-order valence-corrected chi connectivity index (χ0v) is 26.5. The van der Waals surface area contributed by atoms with Crippen LogP contribution in [0.4, 0.5) is 18.9 Å². The highest BCUT2D eigenvalue weighted by atomic mass is 35.5. The number of halogens is 4. The Balaban J connectivity index is 1.65. The van der Waals surface area contributed by atoms with E-state index in [4.69, 9.17) is 25.5 Å². The molecular weight excluding hydrogens is 631 g/mol. The SMILES string of the molecule is COC1(C)CN(C(CCOC(F)(F)F)C(=O)Nc2ccc(C(=O)OC(C)(C)C)cc2)C(=O)C=C1c1cc(Cl)ccc1-c1cnco1. The van der Waals surface area contributed by atoms with Crippen LogP contribution >= 0.6 is 11.6 Å². The number of benzene rings is 2. The number of hydrogen-bond acceptors (Lipinski definition) is 8. The van der Waals surface area contributed by atoms with Crippen molar-refractivity contribution in [1.82, 2.24) is 9.88 Å². The molecule has 1 aliphatic rings. The van der Waals surface area contributed by atoms with E-state index in [2.05, 4.69) is 15.0 Å². The van der Waals surface area contributed by atoms with Gasteiger partial charge in [-0.25, -0.2) is 9.78 Å². The average Bonchev–Trinajstić information content (AvgIpc) is 3.50. The number of oxazole rings is 1. The van der Waals surface area contributed by atoms with Crippen molar-refractivity contribution >= 4 is 40.6 Å². The molecule has 246 valence electrons. The van der Waals surface area contributed by atoms with Gasteiger partial charge in [0.2, 0.25) is 11.8 Å². The van der Waals surface area contributed by atoms with E-state index in [1.165, 1.54) is 50.0 Å². The second-order valence-corrected chi connectivity index (χ2v) is 12.1. The number of esters is 1. The normalized spacial score (nSPS) is 17.8. The van der Waals surface area contributed by atoms with Gasteiger partial charge in [-0.05, 0) is 81.3 Å². The number of anilines is 1. The van der Waals surface area contributed by atoms with Gasteiger partial charge in [0.15, 0.2) is 12.2 Å². The van der Waals surface area contributed by atoms with Gasteiger partial charge in [0, 0.05) is 35.9 Å². The number of nitrogens with zero attached hydrogens (tertiary/aromatic N) is 2. The summed E-state index contributed by atoms with van der Waals surface area (Å²) in [7, 11) is 1.41. The molecule has 4 rings (SSSR count). The summed E-state index contributed by atoms with van der Waals surface area (Å²) < 4.78 is 59.3. The van der Waals surface area contributed by atoms with Gasteiger partial charge in [0.25, 0.3) is 0 Å². The molecule has 3 aromatic rings. The van der Waals surface area contributed by atoms with E-state index >= 15 is 0 Å². The van der Waals surface area contributed by atoms with Crippen LogP contribution in [-0.2, 0) is 23.8 Å². The Labute approximate surface area is 268 Å². The molecule has 0 saturated carbocycles. The Morgan fingerprint density at radius 3 is 2.41 bits per heavy atom. The quantitative estimate of drug-likeness (QED) is 0.244. The average molecular weight is 664 g/mol. The van der Waals surface area contributed by atoms with Crippen LogP contribution in [0.25, 0.3) is 16.9 Å². The molecule has 2 aromatic carbocycles. The van der Waals surface area contributed by atoms with Crippen LogP contribution in [0, 0.1) is 0 Å². The van der Waals surface area contributed by atoms with Crippen LogP contribution < -0.4 is 5.32 Å². The lowest BCUT2D eigenvalue weighted by Gasteiger charge is -2.43. The minimum Gasteiger partial charge on any atom is -0.456 e. The van der Waals surface area contributed by atoms with Crippen molar-refractivity contribution < 1.29 is 46.2 Å². The maximum absolute atomic E-state index is 13.7.